The van der Waals surface area contributed by atoms with Crippen LogP contribution in [0.3, 0.4) is 0 Å². The number of nitro groups is 1. The van der Waals surface area contributed by atoms with Gasteiger partial charge in [0, 0.05) is 12.0 Å². The molecule has 3 N–H and O–H groups in total. The molecule has 0 aliphatic heterocycles. The molecular formula is C15H16ClFN2O3. The van der Waals surface area contributed by atoms with Crippen LogP contribution in [-0.4, -0.2) is 16.1 Å². The van der Waals surface area contributed by atoms with Crippen LogP contribution in [0, 0.1) is 15.9 Å². The van der Waals surface area contributed by atoms with E-state index in [-0.39, 0.29) is 24.4 Å². The molecule has 0 aromatic heterocycles. The minimum absolute atomic E-state index is 0. The fourth-order valence-electron chi connectivity index (χ4n) is 2.15. The number of rotatable bonds is 5. The molecule has 0 fully saturated rings. The van der Waals surface area contributed by atoms with Gasteiger partial charge in [-0.15, -0.1) is 12.4 Å². The van der Waals surface area contributed by atoms with Crippen molar-refractivity contribution in [3.8, 4) is 0 Å². The average Bonchev–Trinajstić information content (AvgIpc) is 2.47. The fraction of sp³-hybridized carbons (Fsp3) is 0.200. The first-order valence-electron chi connectivity index (χ1n) is 6.40. The van der Waals surface area contributed by atoms with Crippen LogP contribution in [0.1, 0.15) is 17.2 Å². The summed E-state index contributed by atoms with van der Waals surface area (Å²) in [5, 5.41) is 21.1. The zero-order chi connectivity index (χ0) is 15.4. The Morgan fingerprint density at radius 3 is 2.45 bits per heavy atom. The Morgan fingerprint density at radius 2 is 1.86 bits per heavy atom. The zero-order valence-electron chi connectivity index (χ0n) is 11.6. The monoisotopic (exact) mass is 326 g/mol. The Kier molecular flexibility index (Phi) is 6.42. The van der Waals surface area contributed by atoms with Gasteiger partial charge in [-0.05, 0) is 17.7 Å². The first-order valence-corrected chi connectivity index (χ1v) is 6.40. The van der Waals surface area contributed by atoms with Gasteiger partial charge < -0.3 is 10.8 Å². The molecule has 0 saturated carbocycles. The minimum atomic E-state index is -1.00. The van der Waals surface area contributed by atoms with E-state index in [1.165, 1.54) is 6.07 Å². The second-order valence-corrected chi connectivity index (χ2v) is 4.74. The molecule has 0 unspecified atom stereocenters. The Labute approximate surface area is 133 Å². The van der Waals surface area contributed by atoms with Crippen molar-refractivity contribution in [1.82, 2.24) is 0 Å². The highest BCUT2D eigenvalue weighted by Gasteiger charge is 2.25. The van der Waals surface area contributed by atoms with Crippen LogP contribution in [0.15, 0.2) is 48.5 Å². The fourth-order valence-corrected chi connectivity index (χ4v) is 2.15. The number of halogens is 2. The van der Waals surface area contributed by atoms with E-state index < -0.39 is 28.6 Å². The van der Waals surface area contributed by atoms with E-state index in [0.717, 1.165) is 17.7 Å². The maximum absolute atomic E-state index is 13.1. The van der Waals surface area contributed by atoms with Gasteiger partial charge in [-0.25, -0.2) is 4.39 Å². The van der Waals surface area contributed by atoms with Crippen LogP contribution in [0.25, 0.3) is 0 Å². The van der Waals surface area contributed by atoms with Gasteiger partial charge in [0.1, 0.15) is 5.82 Å². The Bertz CT molecular complexity index is 640. The standard InChI is InChI=1S/C15H15FN2O3.ClH/c16-11-6-7-12(13(9-11)18(20)21)15(17)14(19)8-10-4-2-1-3-5-10;/h1-7,9,14-15,19H,8,17H2;1H/t14-,15+;/m1./s1. The Morgan fingerprint density at radius 1 is 1.23 bits per heavy atom. The number of nitrogens with two attached hydrogens (primary N) is 1. The molecule has 2 atom stereocenters. The molecule has 0 bridgehead atoms. The third kappa shape index (κ3) is 4.24. The molecule has 118 valence electrons. The van der Waals surface area contributed by atoms with E-state index in [4.69, 9.17) is 5.73 Å². The van der Waals surface area contributed by atoms with Crippen molar-refractivity contribution in [2.45, 2.75) is 18.6 Å². The minimum Gasteiger partial charge on any atom is -0.391 e. The van der Waals surface area contributed by atoms with Gasteiger partial charge in [0.2, 0.25) is 0 Å². The van der Waals surface area contributed by atoms with Crippen molar-refractivity contribution in [2.24, 2.45) is 5.73 Å². The second-order valence-electron chi connectivity index (χ2n) is 4.74. The maximum Gasteiger partial charge on any atom is 0.277 e. The molecule has 0 heterocycles. The number of hydrogen-bond donors (Lipinski definition) is 2. The van der Waals surface area contributed by atoms with Crippen molar-refractivity contribution in [2.75, 3.05) is 0 Å². The summed E-state index contributed by atoms with van der Waals surface area (Å²) in [6.45, 7) is 0. The van der Waals surface area contributed by atoms with Crippen molar-refractivity contribution < 1.29 is 14.4 Å². The first-order chi connectivity index (χ1) is 9.99. The predicted octanol–water partition coefficient (Wildman–Crippen LogP) is 2.76. The van der Waals surface area contributed by atoms with Crippen LogP contribution in [0.2, 0.25) is 0 Å². The normalized spacial score (nSPS) is 13.0. The van der Waals surface area contributed by atoms with E-state index in [9.17, 15) is 19.6 Å². The number of aliphatic hydroxyl groups is 1. The molecule has 5 nitrogen and oxygen atoms in total. The predicted molar refractivity (Wildman–Crippen MR) is 83.4 cm³/mol. The van der Waals surface area contributed by atoms with E-state index >= 15 is 0 Å². The van der Waals surface area contributed by atoms with Crippen LogP contribution in [0.5, 0.6) is 0 Å². The number of aliphatic hydroxyl groups excluding tert-OH is 1. The summed E-state index contributed by atoms with van der Waals surface area (Å²) < 4.78 is 13.1. The highest BCUT2D eigenvalue weighted by atomic mass is 35.5. The van der Waals surface area contributed by atoms with Crippen molar-refractivity contribution in [1.29, 1.82) is 0 Å². The lowest BCUT2D eigenvalue weighted by molar-refractivity contribution is -0.386. The molecule has 0 radical (unpaired) electrons. The molecule has 0 spiro atoms. The molecule has 0 saturated heterocycles. The number of hydrogen-bond acceptors (Lipinski definition) is 4. The largest absolute Gasteiger partial charge is 0.391 e. The first kappa shape index (κ1) is 18.0. The average molecular weight is 327 g/mol. The summed E-state index contributed by atoms with van der Waals surface area (Å²) >= 11 is 0. The van der Waals surface area contributed by atoms with Crippen LogP contribution < -0.4 is 5.73 Å². The Hall–Kier alpha value is -2.02. The number of benzene rings is 2. The van der Waals surface area contributed by atoms with Gasteiger partial charge in [-0.3, -0.25) is 10.1 Å². The third-order valence-corrected chi connectivity index (χ3v) is 3.25. The molecule has 22 heavy (non-hydrogen) atoms. The molecule has 0 aliphatic carbocycles. The maximum atomic E-state index is 13.1. The van der Waals surface area contributed by atoms with Crippen LogP contribution in [0.4, 0.5) is 10.1 Å². The lowest BCUT2D eigenvalue weighted by Gasteiger charge is -2.19. The summed E-state index contributed by atoms with van der Waals surface area (Å²) in [5.41, 5.74) is 6.46. The molecule has 0 amide bonds. The van der Waals surface area contributed by atoms with Gasteiger partial charge in [0.05, 0.1) is 23.1 Å². The van der Waals surface area contributed by atoms with Gasteiger partial charge in [0.15, 0.2) is 0 Å². The summed E-state index contributed by atoms with van der Waals surface area (Å²) in [7, 11) is 0. The SMILES string of the molecule is Cl.N[C@@H](c1ccc(F)cc1[N+](=O)[O-])[C@H](O)Cc1ccccc1. The highest BCUT2D eigenvalue weighted by molar-refractivity contribution is 5.85. The summed E-state index contributed by atoms with van der Waals surface area (Å²) in [6.07, 6.45) is -0.743. The molecule has 7 heteroatoms. The molecular weight excluding hydrogens is 311 g/mol. The summed E-state index contributed by atoms with van der Waals surface area (Å²) in [6, 6.07) is 11.3. The van der Waals surface area contributed by atoms with Gasteiger partial charge in [-0.2, -0.15) is 0 Å². The smallest absolute Gasteiger partial charge is 0.277 e. The van der Waals surface area contributed by atoms with E-state index in [0.29, 0.717) is 0 Å². The topological polar surface area (TPSA) is 89.4 Å². The lowest BCUT2D eigenvalue weighted by atomic mass is 9.95. The van der Waals surface area contributed by atoms with E-state index in [2.05, 4.69) is 0 Å². The summed E-state index contributed by atoms with van der Waals surface area (Å²) in [4.78, 5) is 10.3. The number of nitro benzene ring substituents is 1. The summed E-state index contributed by atoms with van der Waals surface area (Å²) in [5.74, 6) is -0.713. The van der Waals surface area contributed by atoms with E-state index in [1.54, 1.807) is 0 Å². The van der Waals surface area contributed by atoms with Crippen molar-refractivity contribution in [3.63, 3.8) is 0 Å². The number of nitrogens with zero attached hydrogens (tertiary/aromatic N) is 1. The molecule has 2 rings (SSSR count). The van der Waals surface area contributed by atoms with Gasteiger partial charge in [0.25, 0.3) is 5.69 Å². The molecule has 2 aromatic rings. The van der Waals surface area contributed by atoms with Crippen molar-refractivity contribution in [3.05, 3.63) is 75.6 Å². The second kappa shape index (κ2) is 7.84. The highest BCUT2D eigenvalue weighted by Crippen LogP contribution is 2.27. The van der Waals surface area contributed by atoms with Crippen LogP contribution >= 0.6 is 12.4 Å². The third-order valence-electron chi connectivity index (χ3n) is 3.25. The van der Waals surface area contributed by atoms with Gasteiger partial charge >= 0.3 is 0 Å². The quantitative estimate of drug-likeness (QED) is 0.653. The Balaban J connectivity index is 0.00000242. The van der Waals surface area contributed by atoms with E-state index in [1.807, 2.05) is 30.3 Å². The molecule has 0 aliphatic rings. The van der Waals surface area contributed by atoms with Crippen molar-refractivity contribution >= 4 is 18.1 Å². The van der Waals surface area contributed by atoms with Crippen LogP contribution in [-0.2, 0) is 6.42 Å². The van der Waals surface area contributed by atoms with Gasteiger partial charge in [-0.1, -0.05) is 30.3 Å². The zero-order valence-corrected chi connectivity index (χ0v) is 12.4. The molecule has 2 aromatic carbocycles. The lowest BCUT2D eigenvalue weighted by Crippen LogP contribution is -2.28.